The lowest BCUT2D eigenvalue weighted by molar-refractivity contribution is 0.0695. The van der Waals surface area contributed by atoms with Gasteiger partial charge in [-0.25, -0.2) is 4.79 Å². The quantitative estimate of drug-likeness (QED) is 0.871. The molecule has 0 fully saturated rings. The minimum atomic E-state index is -0.927. The monoisotopic (exact) mass is 279 g/mol. The fraction of sp³-hybridized carbons (Fsp3) is 0.167. The highest BCUT2D eigenvalue weighted by molar-refractivity contribution is 9.10. The largest absolute Gasteiger partial charge is 0.478 e. The number of rotatable bonds is 1. The van der Waals surface area contributed by atoms with Crippen LogP contribution in [0.2, 0.25) is 0 Å². The van der Waals surface area contributed by atoms with Gasteiger partial charge in [0, 0.05) is 9.86 Å². The molecule has 82 valence electrons. The number of nitrogens with zero attached hydrogens (tertiary/aromatic N) is 1. The first-order chi connectivity index (χ1) is 7.50. The van der Waals surface area contributed by atoms with Crippen molar-refractivity contribution < 1.29 is 9.90 Å². The number of hydrogen-bond acceptors (Lipinski definition) is 2. The third-order valence-corrected chi connectivity index (χ3v) is 3.09. The molecule has 0 aliphatic rings. The lowest BCUT2D eigenvalue weighted by atomic mass is 10.0. The fourth-order valence-corrected chi connectivity index (χ4v) is 2.22. The van der Waals surface area contributed by atoms with Crippen LogP contribution in [0.5, 0.6) is 0 Å². The molecule has 0 unspecified atom stereocenters. The normalized spacial score (nSPS) is 10.7. The third kappa shape index (κ3) is 1.69. The predicted molar refractivity (Wildman–Crippen MR) is 65.9 cm³/mol. The van der Waals surface area contributed by atoms with E-state index in [1.165, 1.54) is 0 Å². The topological polar surface area (TPSA) is 50.2 Å². The molecule has 0 aliphatic heterocycles. The summed E-state index contributed by atoms with van der Waals surface area (Å²) in [5.74, 6) is -0.927. The van der Waals surface area contributed by atoms with Crippen molar-refractivity contribution in [1.29, 1.82) is 0 Å². The van der Waals surface area contributed by atoms with Crippen LogP contribution in [-0.4, -0.2) is 16.1 Å². The molecule has 1 N–H and O–H groups in total. The van der Waals surface area contributed by atoms with E-state index in [1.54, 1.807) is 6.92 Å². The predicted octanol–water partition coefficient (Wildman–Crippen LogP) is 3.31. The Morgan fingerprint density at radius 1 is 1.38 bits per heavy atom. The summed E-state index contributed by atoms with van der Waals surface area (Å²) in [4.78, 5) is 15.4. The number of carboxylic acids is 1. The van der Waals surface area contributed by atoms with E-state index in [0.717, 1.165) is 20.9 Å². The highest BCUT2D eigenvalue weighted by atomic mass is 79.9. The van der Waals surface area contributed by atoms with Crippen LogP contribution in [0, 0.1) is 13.8 Å². The maximum atomic E-state index is 11.1. The van der Waals surface area contributed by atoms with Gasteiger partial charge in [0.25, 0.3) is 0 Å². The molecule has 0 amide bonds. The smallest absolute Gasteiger partial charge is 0.337 e. The zero-order chi connectivity index (χ0) is 11.9. The first-order valence-corrected chi connectivity index (χ1v) is 5.59. The van der Waals surface area contributed by atoms with E-state index < -0.39 is 5.97 Å². The Morgan fingerprint density at radius 3 is 2.69 bits per heavy atom. The second-order valence-corrected chi connectivity index (χ2v) is 4.58. The number of pyridine rings is 1. The molecule has 0 radical (unpaired) electrons. The van der Waals surface area contributed by atoms with Gasteiger partial charge in [0.15, 0.2) is 0 Å². The number of fused-ring (bicyclic) bond motifs is 1. The van der Waals surface area contributed by atoms with E-state index in [2.05, 4.69) is 20.9 Å². The van der Waals surface area contributed by atoms with Gasteiger partial charge >= 0.3 is 5.97 Å². The summed E-state index contributed by atoms with van der Waals surface area (Å²) >= 11 is 3.37. The number of aromatic carboxylic acids is 1. The Balaban J connectivity index is 2.90. The van der Waals surface area contributed by atoms with Gasteiger partial charge in [-0.3, -0.25) is 4.98 Å². The van der Waals surface area contributed by atoms with E-state index in [9.17, 15) is 4.79 Å². The third-order valence-electron chi connectivity index (χ3n) is 2.60. The first kappa shape index (κ1) is 11.1. The van der Waals surface area contributed by atoms with Gasteiger partial charge in [-0.15, -0.1) is 0 Å². The summed E-state index contributed by atoms with van der Waals surface area (Å²) in [7, 11) is 0. The van der Waals surface area contributed by atoms with Crippen molar-refractivity contribution in [1.82, 2.24) is 4.98 Å². The molecule has 4 heteroatoms. The number of carbonyl (C=O) groups is 1. The van der Waals surface area contributed by atoms with Crippen LogP contribution in [0.1, 0.15) is 21.6 Å². The zero-order valence-electron chi connectivity index (χ0n) is 8.91. The Hall–Kier alpha value is -1.42. The minimum Gasteiger partial charge on any atom is -0.478 e. The van der Waals surface area contributed by atoms with E-state index in [0.29, 0.717) is 11.3 Å². The second-order valence-electron chi connectivity index (χ2n) is 3.66. The van der Waals surface area contributed by atoms with Crippen molar-refractivity contribution >= 4 is 32.8 Å². The van der Waals surface area contributed by atoms with E-state index in [4.69, 9.17) is 5.11 Å². The van der Waals surface area contributed by atoms with Crippen LogP contribution < -0.4 is 0 Å². The Kier molecular flexibility index (Phi) is 2.68. The fourth-order valence-electron chi connectivity index (χ4n) is 1.86. The molecule has 1 aromatic carbocycles. The molecule has 0 bridgehead atoms. The van der Waals surface area contributed by atoms with Crippen molar-refractivity contribution in [2.75, 3.05) is 0 Å². The molecule has 2 aromatic rings. The van der Waals surface area contributed by atoms with E-state index in [-0.39, 0.29) is 0 Å². The van der Waals surface area contributed by atoms with Crippen molar-refractivity contribution in [2.45, 2.75) is 13.8 Å². The number of aromatic nitrogens is 1. The average molecular weight is 280 g/mol. The van der Waals surface area contributed by atoms with Gasteiger partial charge in [0.1, 0.15) is 0 Å². The van der Waals surface area contributed by atoms with Crippen LogP contribution in [0.3, 0.4) is 0 Å². The Morgan fingerprint density at radius 2 is 2.06 bits per heavy atom. The van der Waals surface area contributed by atoms with Crippen molar-refractivity contribution in [2.24, 2.45) is 0 Å². The van der Waals surface area contributed by atoms with Crippen molar-refractivity contribution in [3.63, 3.8) is 0 Å². The summed E-state index contributed by atoms with van der Waals surface area (Å²) in [5, 5.41) is 10.00. The van der Waals surface area contributed by atoms with E-state index in [1.807, 2.05) is 25.1 Å². The highest BCUT2D eigenvalue weighted by Gasteiger charge is 2.15. The molecule has 0 atom stereocenters. The average Bonchev–Trinajstić information content (AvgIpc) is 2.19. The lowest BCUT2D eigenvalue weighted by Crippen LogP contribution is -2.05. The number of aryl methyl sites for hydroxylation is 2. The molecule has 0 spiro atoms. The Bertz CT molecular complexity index is 593. The summed E-state index contributed by atoms with van der Waals surface area (Å²) < 4.78 is 0.921. The number of benzene rings is 1. The summed E-state index contributed by atoms with van der Waals surface area (Å²) in [6.45, 7) is 3.53. The maximum Gasteiger partial charge on any atom is 0.337 e. The molecular formula is C12H10BrNO2. The van der Waals surface area contributed by atoms with Gasteiger partial charge < -0.3 is 5.11 Å². The first-order valence-electron chi connectivity index (χ1n) is 4.80. The van der Waals surface area contributed by atoms with Gasteiger partial charge in [-0.1, -0.05) is 15.9 Å². The highest BCUT2D eigenvalue weighted by Crippen LogP contribution is 2.25. The summed E-state index contributed by atoms with van der Waals surface area (Å²) in [6.07, 6.45) is 0. The molecule has 2 rings (SSSR count). The van der Waals surface area contributed by atoms with Crippen molar-refractivity contribution in [3.8, 4) is 0 Å². The van der Waals surface area contributed by atoms with Crippen LogP contribution in [0.15, 0.2) is 22.7 Å². The second kappa shape index (κ2) is 3.87. The summed E-state index contributed by atoms with van der Waals surface area (Å²) in [5.41, 5.74) is 2.44. The number of hydrogen-bond donors (Lipinski definition) is 1. The van der Waals surface area contributed by atoms with Gasteiger partial charge in [-0.05, 0) is 37.6 Å². The molecule has 0 saturated carbocycles. The molecule has 0 saturated heterocycles. The van der Waals surface area contributed by atoms with Gasteiger partial charge in [0.2, 0.25) is 0 Å². The van der Waals surface area contributed by atoms with Gasteiger partial charge in [0.05, 0.1) is 16.8 Å². The molecule has 3 nitrogen and oxygen atoms in total. The van der Waals surface area contributed by atoms with Crippen LogP contribution in [0.4, 0.5) is 0 Å². The molecule has 16 heavy (non-hydrogen) atoms. The van der Waals surface area contributed by atoms with Crippen LogP contribution in [0.25, 0.3) is 10.9 Å². The molecule has 1 heterocycles. The van der Waals surface area contributed by atoms with Crippen molar-refractivity contribution in [3.05, 3.63) is 39.5 Å². The molecule has 0 aliphatic carbocycles. The number of carboxylic acid groups (broad SMARTS) is 1. The van der Waals surface area contributed by atoms with Crippen LogP contribution in [-0.2, 0) is 0 Å². The van der Waals surface area contributed by atoms with Gasteiger partial charge in [-0.2, -0.15) is 0 Å². The zero-order valence-corrected chi connectivity index (χ0v) is 10.5. The molecular weight excluding hydrogens is 270 g/mol. The van der Waals surface area contributed by atoms with Crippen LogP contribution >= 0.6 is 15.9 Å². The number of halogens is 1. The standard InChI is InChI=1S/C12H10BrNO2/c1-6-9-5-8(13)3-4-10(9)14-7(2)11(6)12(15)16/h3-5H,1-2H3,(H,15,16). The van der Waals surface area contributed by atoms with E-state index >= 15 is 0 Å². The summed E-state index contributed by atoms with van der Waals surface area (Å²) in [6, 6.07) is 5.67. The SMILES string of the molecule is Cc1nc2ccc(Br)cc2c(C)c1C(=O)O. The lowest BCUT2D eigenvalue weighted by Gasteiger charge is -2.08. The maximum absolute atomic E-state index is 11.1. The molecule has 1 aromatic heterocycles. The minimum absolute atomic E-state index is 0.297. The Labute approximate surface area is 101 Å².